The number of hydrogen-bond acceptors (Lipinski definition) is 4. The Morgan fingerprint density at radius 1 is 1.03 bits per heavy atom. The molecule has 0 saturated heterocycles. The number of rotatable bonds is 8. The maximum absolute atomic E-state index is 10.8. The van der Waals surface area contributed by atoms with Crippen molar-refractivity contribution in [3.05, 3.63) is 65.9 Å². The molecule has 1 aliphatic carbocycles. The second-order valence-corrected chi connectivity index (χ2v) is 8.45. The molecule has 0 spiro atoms. The van der Waals surface area contributed by atoms with Crippen molar-refractivity contribution >= 4 is 17.1 Å². The van der Waals surface area contributed by atoms with Crippen LogP contribution in [0.25, 0.3) is 10.8 Å². The molecular formula is C26H30N2O2. The molecular weight excluding hydrogens is 372 g/mol. The minimum atomic E-state index is 0.489. The van der Waals surface area contributed by atoms with Crippen LogP contribution in [0.15, 0.2) is 54.7 Å². The first-order chi connectivity index (χ1) is 14.7. The molecule has 4 nitrogen and oxygen atoms in total. The van der Waals surface area contributed by atoms with Gasteiger partial charge in [0, 0.05) is 29.8 Å². The van der Waals surface area contributed by atoms with E-state index >= 15 is 0 Å². The third-order valence-corrected chi connectivity index (χ3v) is 6.17. The van der Waals surface area contributed by atoms with Gasteiger partial charge in [0.05, 0.1) is 0 Å². The van der Waals surface area contributed by atoms with Crippen molar-refractivity contribution in [2.24, 2.45) is 5.92 Å². The molecule has 4 heteroatoms. The molecule has 0 atom stereocenters. The number of benzene rings is 2. The van der Waals surface area contributed by atoms with Crippen molar-refractivity contribution in [3.8, 4) is 11.6 Å². The van der Waals surface area contributed by atoms with Gasteiger partial charge in [0.15, 0.2) is 6.29 Å². The summed E-state index contributed by atoms with van der Waals surface area (Å²) in [5.41, 5.74) is 1.85. The smallest absolute Gasteiger partial charge is 0.219 e. The van der Waals surface area contributed by atoms with Gasteiger partial charge in [-0.2, -0.15) is 0 Å². The van der Waals surface area contributed by atoms with Crippen molar-refractivity contribution in [1.29, 1.82) is 0 Å². The van der Waals surface area contributed by atoms with Gasteiger partial charge in [-0.25, -0.2) is 4.98 Å². The maximum atomic E-state index is 10.8. The third kappa shape index (κ3) is 5.06. The zero-order valence-corrected chi connectivity index (χ0v) is 17.7. The van der Waals surface area contributed by atoms with Crippen LogP contribution in [0.2, 0.25) is 0 Å². The van der Waals surface area contributed by atoms with Gasteiger partial charge in [0.2, 0.25) is 5.88 Å². The zero-order valence-electron chi connectivity index (χ0n) is 17.7. The lowest BCUT2D eigenvalue weighted by atomic mass is 9.87. The van der Waals surface area contributed by atoms with Crippen LogP contribution in [0.4, 0.5) is 0 Å². The summed E-state index contributed by atoms with van der Waals surface area (Å²) in [5.74, 6) is 2.18. The fourth-order valence-electron chi connectivity index (χ4n) is 4.44. The van der Waals surface area contributed by atoms with Gasteiger partial charge in [-0.05, 0) is 49.0 Å². The number of pyridine rings is 1. The number of carbonyl (C=O) groups is 1. The Hall–Kier alpha value is -2.72. The van der Waals surface area contributed by atoms with E-state index in [1.165, 1.54) is 55.7 Å². The number of carbonyl (C=O) groups excluding carboxylic acids is 1. The summed E-state index contributed by atoms with van der Waals surface area (Å²) in [7, 11) is 2.22. The van der Waals surface area contributed by atoms with Gasteiger partial charge in [-0.3, -0.25) is 4.79 Å². The fourth-order valence-corrected chi connectivity index (χ4v) is 4.44. The van der Waals surface area contributed by atoms with E-state index in [9.17, 15) is 4.79 Å². The first kappa shape index (κ1) is 20.5. The minimum Gasteiger partial charge on any atom is -0.438 e. The van der Waals surface area contributed by atoms with Crippen molar-refractivity contribution in [3.63, 3.8) is 0 Å². The predicted molar refractivity (Wildman–Crippen MR) is 121 cm³/mol. The lowest BCUT2D eigenvalue weighted by molar-refractivity contribution is 0.112. The van der Waals surface area contributed by atoms with Gasteiger partial charge in [0.25, 0.3) is 0 Å². The molecule has 3 aromatic rings. The first-order valence-electron chi connectivity index (χ1n) is 11.0. The zero-order chi connectivity index (χ0) is 20.8. The Balaban J connectivity index is 1.47. The lowest BCUT2D eigenvalue weighted by Crippen LogP contribution is -2.22. The Kier molecular flexibility index (Phi) is 6.75. The maximum Gasteiger partial charge on any atom is 0.219 e. The summed E-state index contributed by atoms with van der Waals surface area (Å²) in [6.07, 6.45) is 10.7. The monoisotopic (exact) mass is 402 g/mol. The predicted octanol–water partition coefficient (Wildman–Crippen LogP) is 6.24. The first-order valence-corrected chi connectivity index (χ1v) is 11.0. The van der Waals surface area contributed by atoms with E-state index in [1.807, 2.05) is 12.1 Å². The number of aromatic nitrogens is 1. The van der Waals surface area contributed by atoms with E-state index < -0.39 is 0 Å². The summed E-state index contributed by atoms with van der Waals surface area (Å²) in [4.78, 5) is 17.5. The molecule has 0 radical (unpaired) electrons. The van der Waals surface area contributed by atoms with Crippen LogP contribution in [-0.4, -0.2) is 29.8 Å². The van der Waals surface area contributed by atoms with E-state index in [0.29, 0.717) is 11.4 Å². The number of fused-ring (bicyclic) bond motifs is 1. The summed E-state index contributed by atoms with van der Waals surface area (Å²) >= 11 is 0. The van der Waals surface area contributed by atoms with Gasteiger partial charge in [0.1, 0.15) is 5.75 Å². The number of aldehydes is 1. The van der Waals surface area contributed by atoms with Gasteiger partial charge < -0.3 is 9.64 Å². The molecule has 1 heterocycles. The summed E-state index contributed by atoms with van der Waals surface area (Å²) in [6.45, 7) is 2.07. The minimum absolute atomic E-state index is 0.489. The SMILES string of the molecule is CN(CCC1CCCCC1)Cc1ccc(Oc2ccc(C=O)cn2)c2ccccc12. The highest BCUT2D eigenvalue weighted by atomic mass is 16.5. The van der Waals surface area contributed by atoms with E-state index in [1.54, 1.807) is 12.1 Å². The Labute approximate surface area is 178 Å². The molecule has 1 aliphatic rings. The van der Waals surface area contributed by atoms with Crippen LogP contribution in [0, 0.1) is 5.92 Å². The highest BCUT2D eigenvalue weighted by molar-refractivity contribution is 5.91. The second kappa shape index (κ2) is 9.86. The molecule has 0 aliphatic heterocycles. The normalized spacial score (nSPS) is 14.9. The number of nitrogens with zero attached hydrogens (tertiary/aromatic N) is 2. The molecule has 0 bridgehead atoms. The molecule has 0 amide bonds. The Bertz CT molecular complexity index is 978. The molecule has 156 valence electrons. The van der Waals surface area contributed by atoms with E-state index in [4.69, 9.17) is 4.74 Å². The third-order valence-electron chi connectivity index (χ3n) is 6.17. The fraction of sp³-hybridized carbons (Fsp3) is 0.385. The van der Waals surface area contributed by atoms with Crippen LogP contribution in [0.3, 0.4) is 0 Å². The molecule has 2 aromatic carbocycles. The summed E-state index contributed by atoms with van der Waals surface area (Å²) < 4.78 is 6.04. The van der Waals surface area contributed by atoms with Crippen LogP contribution in [0.1, 0.15) is 54.4 Å². The van der Waals surface area contributed by atoms with Crippen molar-refractivity contribution in [2.75, 3.05) is 13.6 Å². The number of hydrogen-bond donors (Lipinski definition) is 0. The average molecular weight is 403 g/mol. The highest BCUT2D eigenvalue weighted by Gasteiger charge is 2.15. The van der Waals surface area contributed by atoms with E-state index in [2.05, 4.69) is 41.2 Å². The van der Waals surface area contributed by atoms with E-state index in [-0.39, 0.29) is 0 Å². The van der Waals surface area contributed by atoms with Crippen LogP contribution in [-0.2, 0) is 6.54 Å². The van der Waals surface area contributed by atoms with Gasteiger partial charge in [-0.15, -0.1) is 0 Å². The van der Waals surface area contributed by atoms with Gasteiger partial charge in [-0.1, -0.05) is 62.4 Å². The second-order valence-electron chi connectivity index (χ2n) is 8.45. The lowest BCUT2D eigenvalue weighted by Gasteiger charge is -2.25. The summed E-state index contributed by atoms with van der Waals surface area (Å²) in [5, 5.41) is 2.29. The molecule has 0 unspecified atom stereocenters. The van der Waals surface area contributed by atoms with Crippen LogP contribution >= 0.6 is 0 Å². The van der Waals surface area contributed by atoms with Crippen LogP contribution in [0.5, 0.6) is 11.6 Å². The molecule has 1 fully saturated rings. The van der Waals surface area contributed by atoms with Gasteiger partial charge >= 0.3 is 0 Å². The molecule has 4 rings (SSSR count). The van der Waals surface area contributed by atoms with E-state index in [0.717, 1.165) is 36.4 Å². The van der Waals surface area contributed by atoms with Crippen LogP contribution < -0.4 is 4.74 Å². The highest BCUT2D eigenvalue weighted by Crippen LogP contribution is 2.32. The molecule has 0 N–H and O–H groups in total. The number of ether oxygens (including phenoxy) is 1. The Morgan fingerprint density at radius 3 is 2.57 bits per heavy atom. The molecule has 1 aromatic heterocycles. The quantitative estimate of drug-likeness (QED) is 0.418. The molecule has 30 heavy (non-hydrogen) atoms. The Morgan fingerprint density at radius 2 is 1.83 bits per heavy atom. The topological polar surface area (TPSA) is 42.4 Å². The van der Waals surface area contributed by atoms with Crippen molar-refractivity contribution in [2.45, 2.75) is 45.1 Å². The van der Waals surface area contributed by atoms with Crippen molar-refractivity contribution in [1.82, 2.24) is 9.88 Å². The average Bonchev–Trinajstić information content (AvgIpc) is 2.80. The van der Waals surface area contributed by atoms with Crippen molar-refractivity contribution < 1.29 is 9.53 Å². The largest absolute Gasteiger partial charge is 0.438 e. The standard InChI is InChI=1S/C26H30N2O2/c1-28(16-15-20-7-3-2-4-8-20)18-22-12-13-25(24-10-6-5-9-23(22)24)30-26-14-11-21(19-29)17-27-26/h5-6,9-14,17,19-20H,2-4,7-8,15-16,18H2,1H3. The summed E-state index contributed by atoms with van der Waals surface area (Å²) in [6, 6.07) is 16.0. The molecule has 1 saturated carbocycles.